The molecule has 37 heavy (non-hydrogen) atoms. The highest BCUT2D eigenvalue weighted by Crippen LogP contribution is 2.38. The number of aryl methyl sites for hydroxylation is 2. The molecule has 1 unspecified atom stereocenters. The van der Waals surface area contributed by atoms with Crippen molar-refractivity contribution in [3.05, 3.63) is 107 Å². The Balaban J connectivity index is 1.58. The van der Waals surface area contributed by atoms with Crippen LogP contribution in [0.15, 0.2) is 83.0 Å². The van der Waals surface area contributed by atoms with E-state index in [1.165, 1.54) is 0 Å². The fourth-order valence-corrected chi connectivity index (χ4v) is 4.53. The van der Waals surface area contributed by atoms with E-state index in [2.05, 4.69) is 10.5 Å². The number of allylic oxidation sites excluding steroid dienone is 1. The monoisotopic (exact) mass is 494 g/mol. The Morgan fingerprint density at radius 1 is 0.973 bits per heavy atom. The Labute approximate surface area is 216 Å². The average molecular weight is 495 g/mol. The molecule has 2 amide bonds. The van der Waals surface area contributed by atoms with E-state index in [0.29, 0.717) is 24.9 Å². The van der Waals surface area contributed by atoms with Crippen LogP contribution in [0.25, 0.3) is 17.0 Å². The molecule has 0 saturated heterocycles. The molecule has 0 fully saturated rings. The van der Waals surface area contributed by atoms with Gasteiger partial charge in [-0.3, -0.25) is 4.90 Å². The summed E-state index contributed by atoms with van der Waals surface area (Å²) in [5, 5.41) is 7.43. The smallest absolute Gasteiger partial charge is 0.322 e. The van der Waals surface area contributed by atoms with Gasteiger partial charge in [-0.05, 0) is 56.5 Å². The Morgan fingerprint density at radius 2 is 1.70 bits per heavy atom. The number of hydrogen-bond donors (Lipinski definition) is 1. The minimum absolute atomic E-state index is 0.179. The van der Waals surface area contributed by atoms with E-state index >= 15 is 0 Å². The number of benzene rings is 3. The van der Waals surface area contributed by atoms with Gasteiger partial charge in [-0.1, -0.05) is 71.4 Å². The van der Waals surface area contributed by atoms with Gasteiger partial charge in [0.2, 0.25) is 5.82 Å². The quantitative estimate of drug-likeness (QED) is 0.319. The molecule has 1 aliphatic rings. The molecule has 0 aliphatic carbocycles. The minimum Gasteiger partial charge on any atom is -0.494 e. The highest BCUT2D eigenvalue weighted by atomic mass is 16.5. The molecule has 3 aromatic carbocycles. The molecular weight excluding hydrogens is 464 g/mol. The second-order valence-electron chi connectivity index (χ2n) is 9.19. The van der Waals surface area contributed by atoms with E-state index in [4.69, 9.17) is 14.2 Å². The number of carbonyl (C=O) groups is 1. The summed E-state index contributed by atoms with van der Waals surface area (Å²) < 4.78 is 11.4. The molecule has 1 aliphatic heterocycles. The maximum absolute atomic E-state index is 13.4. The lowest BCUT2D eigenvalue weighted by Gasteiger charge is -2.35. The third-order valence-corrected chi connectivity index (χ3v) is 6.68. The Morgan fingerprint density at radius 3 is 2.41 bits per heavy atom. The number of hydrogen-bond acceptors (Lipinski definition) is 5. The summed E-state index contributed by atoms with van der Waals surface area (Å²) in [6, 6.07) is 23.1. The van der Waals surface area contributed by atoms with Crippen molar-refractivity contribution in [2.75, 3.05) is 6.61 Å². The van der Waals surface area contributed by atoms with Crippen molar-refractivity contribution in [3.8, 4) is 17.1 Å². The van der Waals surface area contributed by atoms with Crippen molar-refractivity contribution in [3.63, 3.8) is 0 Å². The third kappa shape index (κ3) is 4.98. The van der Waals surface area contributed by atoms with E-state index in [1.807, 2.05) is 100 Å². The molecular formula is C30H30N4O3. The van der Waals surface area contributed by atoms with Crippen LogP contribution >= 0.6 is 0 Å². The van der Waals surface area contributed by atoms with Crippen LogP contribution < -0.4 is 10.1 Å². The lowest BCUT2D eigenvalue weighted by Crippen LogP contribution is -2.45. The van der Waals surface area contributed by atoms with Gasteiger partial charge in [0.25, 0.3) is 5.89 Å². The van der Waals surface area contributed by atoms with Crippen molar-refractivity contribution in [2.45, 2.75) is 40.3 Å². The van der Waals surface area contributed by atoms with Gasteiger partial charge < -0.3 is 14.6 Å². The fraction of sp³-hybridized carbons (Fsp3) is 0.233. The van der Waals surface area contributed by atoms with Gasteiger partial charge >= 0.3 is 6.03 Å². The first-order chi connectivity index (χ1) is 17.9. The van der Waals surface area contributed by atoms with Crippen LogP contribution in [0, 0.1) is 13.8 Å². The van der Waals surface area contributed by atoms with Crippen LogP contribution in [0.3, 0.4) is 0 Å². The van der Waals surface area contributed by atoms with E-state index < -0.39 is 6.04 Å². The van der Waals surface area contributed by atoms with Crippen LogP contribution in [0.1, 0.15) is 48.0 Å². The molecule has 188 valence electrons. The number of carbonyl (C=O) groups excluding carboxylic acids is 1. The first-order valence-corrected chi connectivity index (χ1v) is 12.4. The molecule has 2 heterocycles. The summed E-state index contributed by atoms with van der Waals surface area (Å²) in [6.07, 6.45) is 0. The predicted octanol–water partition coefficient (Wildman–Crippen LogP) is 6.45. The number of nitrogens with zero attached hydrogens (tertiary/aromatic N) is 3. The second-order valence-corrected chi connectivity index (χ2v) is 9.19. The van der Waals surface area contributed by atoms with Crippen molar-refractivity contribution >= 4 is 11.6 Å². The summed E-state index contributed by atoms with van der Waals surface area (Å²) in [6.45, 7) is 8.98. The molecule has 0 spiro atoms. The van der Waals surface area contributed by atoms with Crippen molar-refractivity contribution < 1.29 is 14.1 Å². The number of urea groups is 1. The molecule has 7 nitrogen and oxygen atoms in total. The first-order valence-electron chi connectivity index (χ1n) is 12.4. The highest BCUT2D eigenvalue weighted by Gasteiger charge is 2.36. The standard InChI is InChI=1S/C30H30N4O3/c1-5-36-25-16-14-22(15-17-25)27-26(29-32-28(33-37-29)23-12-10-19(2)11-13-23)21(4)34(30(35)31-27)18-24-9-7-6-8-20(24)3/h6-17,27H,5,18H2,1-4H3,(H,31,35). The average Bonchev–Trinajstić information content (AvgIpc) is 3.38. The fourth-order valence-electron chi connectivity index (χ4n) is 4.53. The molecule has 5 rings (SSSR count). The maximum atomic E-state index is 13.4. The van der Waals surface area contributed by atoms with Crippen LogP contribution in [0.4, 0.5) is 4.79 Å². The van der Waals surface area contributed by atoms with E-state index in [0.717, 1.165) is 44.8 Å². The summed E-state index contributed by atoms with van der Waals surface area (Å²) in [5.74, 6) is 1.65. The Bertz CT molecular complexity index is 1440. The molecule has 1 aromatic heterocycles. The summed E-state index contributed by atoms with van der Waals surface area (Å²) >= 11 is 0. The minimum atomic E-state index is -0.456. The molecule has 0 saturated carbocycles. The molecule has 1 atom stereocenters. The van der Waals surface area contributed by atoms with Gasteiger partial charge in [-0.25, -0.2) is 4.79 Å². The van der Waals surface area contributed by atoms with Gasteiger partial charge in [-0.15, -0.1) is 0 Å². The molecule has 0 radical (unpaired) electrons. The van der Waals surface area contributed by atoms with Gasteiger partial charge in [0.05, 0.1) is 24.8 Å². The summed E-state index contributed by atoms with van der Waals surface area (Å²) in [7, 11) is 0. The van der Waals surface area contributed by atoms with Crippen molar-refractivity contribution in [1.82, 2.24) is 20.4 Å². The normalized spacial score (nSPS) is 15.6. The second kappa shape index (κ2) is 10.3. The predicted molar refractivity (Wildman–Crippen MR) is 143 cm³/mol. The van der Waals surface area contributed by atoms with Crippen molar-refractivity contribution in [2.24, 2.45) is 0 Å². The van der Waals surface area contributed by atoms with E-state index in [-0.39, 0.29) is 6.03 Å². The zero-order valence-electron chi connectivity index (χ0n) is 21.5. The van der Waals surface area contributed by atoms with Crippen LogP contribution in [0.5, 0.6) is 5.75 Å². The number of ether oxygens (including phenoxy) is 1. The lowest BCUT2D eigenvalue weighted by molar-refractivity contribution is 0.203. The largest absolute Gasteiger partial charge is 0.494 e. The maximum Gasteiger partial charge on any atom is 0.322 e. The SMILES string of the molecule is CCOc1ccc(C2NC(=O)N(Cc3ccccc3C)C(C)=C2c2nc(-c3ccc(C)cc3)no2)cc1. The van der Waals surface area contributed by atoms with E-state index in [1.54, 1.807) is 4.90 Å². The molecule has 7 heteroatoms. The number of aromatic nitrogens is 2. The number of amides is 2. The molecule has 1 N–H and O–H groups in total. The molecule has 0 bridgehead atoms. The third-order valence-electron chi connectivity index (χ3n) is 6.68. The first kappa shape index (κ1) is 24.3. The van der Waals surface area contributed by atoms with Crippen LogP contribution in [0.2, 0.25) is 0 Å². The van der Waals surface area contributed by atoms with Gasteiger partial charge in [0, 0.05) is 11.3 Å². The van der Waals surface area contributed by atoms with Crippen molar-refractivity contribution in [1.29, 1.82) is 0 Å². The lowest BCUT2D eigenvalue weighted by atomic mass is 9.94. The number of nitrogens with one attached hydrogen (secondary N) is 1. The summed E-state index contributed by atoms with van der Waals surface area (Å²) in [4.78, 5) is 19.9. The zero-order valence-corrected chi connectivity index (χ0v) is 21.5. The summed E-state index contributed by atoms with van der Waals surface area (Å²) in [5.41, 5.74) is 6.65. The highest BCUT2D eigenvalue weighted by molar-refractivity contribution is 5.87. The van der Waals surface area contributed by atoms with Gasteiger partial charge in [-0.2, -0.15) is 4.98 Å². The zero-order chi connectivity index (χ0) is 25.9. The van der Waals surface area contributed by atoms with Gasteiger partial charge in [0.1, 0.15) is 5.75 Å². The number of rotatable bonds is 7. The molecule has 4 aromatic rings. The van der Waals surface area contributed by atoms with Gasteiger partial charge in [0.15, 0.2) is 0 Å². The van der Waals surface area contributed by atoms with Crippen LogP contribution in [-0.4, -0.2) is 27.7 Å². The Kier molecular flexibility index (Phi) is 6.77. The van der Waals surface area contributed by atoms with Crippen LogP contribution in [-0.2, 0) is 6.54 Å². The topological polar surface area (TPSA) is 80.5 Å². The Hall–Kier alpha value is -4.39. The van der Waals surface area contributed by atoms with E-state index in [9.17, 15) is 4.79 Å².